The highest BCUT2D eigenvalue weighted by molar-refractivity contribution is 6.79. The number of hydrogen-bond acceptors (Lipinski definition) is 3. The molecule has 0 saturated heterocycles. The molecule has 0 radical (unpaired) electrons. The maximum Gasteiger partial charge on any atom is 0.369 e. The van der Waals surface area contributed by atoms with Crippen molar-refractivity contribution in [3.8, 4) is 5.75 Å². The minimum Gasteiger partial charge on any atom is -0.497 e. The van der Waals surface area contributed by atoms with Gasteiger partial charge in [0.1, 0.15) is 5.75 Å². The third-order valence-corrected chi connectivity index (χ3v) is 5.52. The number of benzene rings is 1. The molecule has 0 aliphatic rings. The van der Waals surface area contributed by atoms with E-state index in [9.17, 15) is 0 Å². The molecule has 0 aromatic heterocycles. The molecule has 1 rings (SSSR count). The Morgan fingerprint density at radius 1 is 1.00 bits per heavy atom. The first-order valence-corrected chi connectivity index (χ1v) is 7.90. The average Bonchev–Trinajstić information content (AvgIpc) is 2.30. The van der Waals surface area contributed by atoms with Crippen LogP contribution in [-0.2, 0) is 8.85 Å². The summed E-state index contributed by atoms with van der Waals surface area (Å²) in [7, 11) is -0.553. The van der Waals surface area contributed by atoms with Crippen LogP contribution < -0.4 is 9.92 Å². The third-order valence-electron chi connectivity index (χ3n) is 2.45. The molecule has 4 heteroatoms. The highest BCUT2D eigenvalue weighted by Gasteiger charge is 2.33. The van der Waals surface area contributed by atoms with Crippen molar-refractivity contribution >= 4 is 13.7 Å². The molecule has 0 spiro atoms. The van der Waals surface area contributed by atoms with E-state index in [1.54, 1.807) is 7.11 Å². The zero-order valence-corrected chi connectivity index (χ0v) is 11.4. The van der Waals surface area contributed by atoms with E-state index in [0.717, 1.165) is 10.9 Å². The van der Waals surface area contributed by atoms with Crippen LogP contribution >= 0.6 is 0 Å². The van der Waals surface area contributed by atoms with Crippen LogP contribution in [0.25, 0.3) is 0 Å². The molecule has 0 aliphatic carbocycles. The van der Waals surface area contributed by atoms with Crippen LogP contribution in [0.1, 0.15) is 13.8 Å². The second-order valence-corrected chi connectivity index (χ2v) is 6.59. The number of methoxy groups -OCH3 is 1. The van der Waals surface area contributed by atoms with Crippen molar-refractivity contribution in [1.82, 2.24) is 0 Å². The van der Waals surface area contributed by atoms with Crippen molar-refractivity contribution < 1.29 is 13.6 Å². The van der Waals surface area contributed by atoms with E-state index in [-0.39, 0.29) is 0 Å². The van der Waals surface area contributed by atoms with Crippen LogP contribution in [0.2, 0.25) is 6.55 Å². The summed E-state index contributed by atoms with van der Waals surface area (Å²) in [6.07, 6.45) is 0. The molecule has 0 N–H and O–H groups in total. The quantitative estimate of drug-likeness (QED) is 0.712. The molecule has 0 heterocycles. The fourth-order valence-corrected chi connectivity index (χ4v) is 3.94. The highest BCUT2D eigenvalue weighted by Crippen LogP contribution is 2.12. The van der Waals surface area contributed by atoms with Gasteiger partial charge in [0.05, 0.1) is 7.11 Å². The average molecular weight is 240 g/mol. The fourth-order valence-electron chi connectivity index (χ4n) is 1.65. The van der Waals surface area contributed by atoms with Crippen molar-refractivity contribution in [3.05, 3.63) is 24.3 Å². The monoisotopic (exact) mass is 240 g/mol. The first-order valence-electron chi connectivity index (χ1n) is 5.58. The van der Waals surface area contributed by atoms with Crippen LogP contribution in [0.4, 0.5) is 0 Å². The molecule has 0 fully saturated rings. The van der Waals surface area contributed by atoms with Gasteiger partial charge < -0.3 is 13.6 Å². The lowest BCUT2D eigenvalue weighted by molar-refractivity contribution is 0.202. The van der Waals surface area contributed by atoms with Crippen molar-refractivity contribution in [2.45, 2.75) is 20.4 Å². The summed E-state index contributed by atoms with van der Waals surface area (Å²) in [4.78, 5) is 0. The molecule has 90 valence electrons. The van der Waals surface area contributed by atoms with Gasteiger partial charge in [0.15, 0.2) is 0 Å². The van der Waals surface area contributed by atoms with Crippen LogP contribution in [0, 0.1) is 0 Å². The molecular formula is C12H20O3Si. The molecule has 0 saturated carbocycles. The van der Waals surface area contributed by atoms with Crippen molar-refractivity contribution in [3.63, 3.8) is 0 Å². The molecule has 1 aromatic rings. The van der Waals surface area contributed by atoms with Gasteiger partial charge in [-0.3, -0.25) is 0 Å². The van der Waals surface area contributed by atoms with E-state index in [4.69, 9.17) is 13.6 Å². The van der Waals surface area contributed by atoms with E-state index in [1.165, 1.54) is 0 Å². The number of rotatable bonds is 6. The first kappa shape index (κ1) is 13.2. The Bertz CT molecular complexity index is 305. The van der Waals surface area contributed by atoms with Gasteiger partial charge in [0.25, 0.3) is 0 Å². The summed E-state index contributed by atoms with van der Waals surface area (Å²) < 4.78 is 16.7. The van der Waals surface area contributed by atoms with Crippen LogP contribution in [0.5, 0.6) is 5.75 Å². The molecule has 0 amide bonds. The molecule has 16 heavy (non-hydrogen) atoms. The standard InChI is InChI=1S/C12H20O3Si/c1-5-14-16(4,15-6-2)12-9-7-11(13-3)8-10-12/h7-10H,5-6H2,1-4H3. The zero-order chi connectivity index (χ0) is 12.0. The Balaban J connectivity index is 2.91. The van der Waals surface area contributed by atoms with Gasteiger partial charge in [-0.05, 0) is 37.7 Å². The SMILES string of the molecule is CCO[Si](C)(OCC)c1ccc(OC)cc1. The van der Waals surface area contributed by atoms with Crippen molar-refractivity contribution in [1.29, 1.82) is 0 Å². The zero-order valence-electron chi connectivity index (χ0n) is 10.4. The Labute approximate surface area is 98.6 Å². The minimum atomic E-state index is -2.22. The Morgan fingerprint density at radius 3 is 1.88 bits per heavy atom. The second kappa shape index (κ2) is 6.03. The maximum absolute atomic E-state index is 5.81. The molecule has 0 bridgehead atoms. The lowest BCUT2D eigenvalue weighted by atomic mass is 10.3. The van der Waals surface area contributed by atoms with Gasteiger partial charge in [-0.25, -0.2) is 0 Å². The Hall–Kier alpha value is -0.843. The van der Waals surface area contributed by atoms with Gasteiger partial charge in [0.2, 0.25) is 0 Å². The van der Waals surface area contributed by atoms with E-state index in [2.05, 4.69) is 6.55 Å². The summed E-state index contributed by atoms with van der Waals surface area (Å²) >= 11 is 0. The fraction of sp³-hybridized carbons (Fsp3) is 0.500. The highest BCUT2D eigenvalue weighted by atomic mass is 28.4. The molecule has 1 aromatic carbocycles. The van der Waals surface area contributed by atoms with Crippen LogP contribution in [0.3, 0.4) is 0 Å². The van der Waals surface area contributed by atoms with Crippen molar-refractivity contribution in [2.75, 3.05) is 20.3 Å². The van der Waals surface area contributed by atoms with Crippen LogP contribution in [0.15, 0.2) is 24.3 Å². The van der Waals surface area contributed by atoms with E-state index < -0.39 is 8.56 Å². The predicted octanol–water partition coefficient (Wildman–Crippen LogP) is 2.05. The van der Waals surface area contributed by atoms with E-state index in [1.807, 2.05) is 38.1 Å². The van der Waals surface area contributed by atoms with Gasteiger partial charge in [0, 0.05) is 13.2 Å². The van der Waals surface area contributed by atoms with Crippen molar-refractivity contribution in [2.24, 2.45) is 0 Å². The summed E-state index contributed by atoms with van der Waals surface area (Å²) in [6.45, 7) is 7.41. The number of ether oxygens (including phenoxy) is 1. The second-order valence-electron chi connectivity index (χ2n) is 3.54. The van der Waals surface area contributed by atoms with Gasteiger partial charge >= 0.3 is 8.56 Å². The molecule has 0 atom stereocenters. The maximum atomic E-state index is 5.81. The molecule has 0 aliphatic heterocycles. The minimum absolute atomic E-state index is 0.675. The molecular weight excluding hydrogens is 220 g/mol. The summed E-state index contributed by atoms with van der Waals surface area (Å²) in [5.41, 5.74) is 0. The Kier molecular flexibility index (Phi) is 4.98. The summed E-state index contributed by atoms with van der Waals surface area (Å²) in [5.74, 6) is 0.855. The van der Waals surface area contributed by atoms with Gasteiger partial charge in [-0.2, -0.15) is 0 Å². The van der Waals surface area contributed by atoms with Gasteiger partial charge in [-0.15, -0.1) is 0 Å². The normalized spacial score (nSPS) is 11.5. The third kappa shape index (κ3) is 3.07. The number of hydrogen-bond donors (Lipinski definition) is 0. The summed E-state index contributed by atoms with van der Waals surface area (Å²) in [6, 6.07) is 7.93. The Morgan fingerprint density at radius 2 is 1.50 bits per heavy atom. The lowest BCUT2D eigenvalue weighted by Crippen LogP contribution is -2.51. The predicted molar refractivity (Wildman–Crippen MR) is 67.5 cm³/mol. The first-order chi connectivity index (χ1) is 7.66. The van der Waals surface area contributed by atoms with E-state index >= 15 is 0 Å². The van der Waals surface area contributed by atoms with E-state index in [0.29, 0.717) is 13.2 Å². The largest absolute Gasteiger partial charge is 0.497 e. The summed E-state index contributed by atoms with van der Waals surface area (Å²) in [5, 5.41) is 1.14. The topological polar surface area (TPSA) is 27.7 Å². The van der Waals surface area contributed by atoms with Gasteiger partial charge in [-0.1, -0.05) is 12.1 Å². The lowest BCUT2D eigenvalue weighted by Gasteiger charge is -2.26. The smallest absolute Gasteiger partial charge is 0.369 e. The molecule has 0 unspecified atom stereocenters. The molecule has 3 nitrogen and oxygen atoms in total. The van der Waals surface area contributed by atoms with Crippen LogP contribution in [-0.4, -0.2) is 28.9 Å².